The van der Waals surface area contributed by atoms with Crippen molar-refractivity contribution in [3.8, 4) is 0 Å². The van der Waals surface area contributed by atoms with E-state index in [9.17, 15) is 4.79 Å². The second-order valence-electron chi connectivity index (χ2n) is 4.99. The first kappa shape index (κ1) is 18.9. The summed E-state index contributed by atoms with van der Waals surface area (Å²) in [4.78, 5) is 16.3. The number of carbonyl (C=O) groups excluding carboxylic acids is 1. The van der Waals surface area contributed by atoms with Gasteiger partial charge in [0.15, 0.2) is 0 Å². The van der Waals surface area contributed by atoms with Crippen molar-refractivity contribution in [3.05, 3.63) is 0 Å². The average molecular weight is 314 g/mol. The Morgan fingerprint density at radius 1 is 1.21 bits per heavy atom. The van der Waals surface area contributed by atoms with Gasteiger partial charge in [0.05, 0.1) is 12.1 Å². The van der Waals surface area contributed by atoms with Gasteiger partial charge in [-0.2, -0.15) is 0 Å². The Bertz CT molecular complexity index is 280. The van der Waals surface area contributed by atoms with E-state index in [2.05, 4.69) is 4.90 Å². The van der Waals surface area contributed by atoms with Crippen molar-refractivity contribution in [1.82, 2.24) is 9.80 Å². The predicted octanol–water partition coefficient (Wildman–Crippen LogP) is 0.502. The zero-order chi connectivity index (χ0) is 12.3. The lowest BCUT2D eigenvalue weighted by atomic mass is 10.2. The summed E-state index contributed by atoms with van der Waals surface area (Å²) in [5.41, 5.74) is 5.42. The molecule has 0 radical (unpaired) electrons. The summed E-state index contributed by atoms with van der Waals surface area (Å²) in [6, 6.07) is 0. The number of piperazine rings is 1. The van der Waals surface area contributed by atoms with E-state index in [-0.39, 0.29) is 30.7 Å². The molecule has 0 spiro atoms. The molecule has 0 unspecified atom stereocenters. The molecule has 5 nitrogen and oxygen atoms in total. The zero-order valence-corrected chi connectivity index (χ0v) is 13.1. The molecule has 2 rings (SSSR count). The van der Waals surface area contributed by atoms with Crippen LogP contribution in [0.4, 0.5) is 0 Å². The van der Waals surface area contributed by atoms with Gasteiger partial charge in [-0.1, -0.05) is 0 Å². The van der Waals surface area contributed by atoms with Gasteiger partial charge in [-0.15, -0.1) is 24.8 Å². The summed E-state index contributed by atoms with van der Waals surface area (Å²) in [7, 11) is 0. The lowest BCUT2D eigenvalue weighted by Gasteiger charge is -2.35. The number of halogens is 2. The molecule has 0 atom stereocenters. The van der Waals surface area contributed by atoms with Crippen LogP contribution < -0.4 is 5.73 Å². The molecule has 19 heavy (non-hydrogen) atoms. The van der Waals surface area contributed by atoms with Crippen molar-refractivity contribution >= 4 is 30.7 Å². The van der Waals surface area contributed by atoms with Crippen molar-refractivity contribution in [2.24, 2.45) is 5.73 Å². The molecule has 2 N–H and O–H groups in total. The molecule has 0 aromatic carbocycles. The van der Waals surface area contributed by atoms with Crippen LogP contribution in [0.5, 0.6) is 0 Å². The topological polar surface area (TPSA) is 58.8 Å². The van der Waals surface area contributed by atoms with Gasteiger partial charge in [-0.25, -0.2) is 0 Å². The molecule has 1 heterocycles. The third-order valence-electron chi connectivity index (χ3n) is 3.63. The van der Waals surface area contributed by atoms with Crippen LogP contribution in [0.3, 0.4) is 0 Å². The Morgan fingerprint density at radius 3 is 2.26 bits per heavy atom. The van der Waals surface area contributed by atoms with E-state index in [1.807, 2.05) is 11.8 Å². The van der Waals surface area contributed by atoms with E-state index in [0.717, 1.165) is 58.8 Å². The van der Waals surface area contributed by atoms with Crippen LogP contribution in [0.25, 0.3) is 0 Å². The highest BCUT2D eigenvalue weighted by atomic mass is 35.5. The third-order valence-corrected chi connectivity index (χ3v) is 3.63. The first-order valence-corrected chi connectivity index (χ1v) is 6.54. The first-order chi connectivity index (χ1) is 8.15. The van der Waals surface area contributed by atoms with Crippen LogP contribution in [-0.4, -0.2) is 67.2 Å². The molecular weight excluding hydrogens is 289 g/mol. The summed E-state index contributed by atoms with van der Waals surface area (Å²) >= 11 is 0. The molecule has 0 aromatic rings. The maximum Gasteiger partial charge on any atom is 0.242 e. The summed E-state index contributed by atoms with van der Waals surface area (Å²) in [6.45, 7) is 8.02. The minimum atomic E-state index is -0.506. The van der Waals surface area contributed by atoms with Crippen molar-refractivity contribution in [2.45, 2.75) is 25.3 Å². The molecule has 1 saturated heterocycles. The predicted molar refractivity (Wildman–Crippen MR) is 80.2 cm³/mol. The maximum atomic E-state index is 12.0. The van der Waals surface area contributed by atoms with Crippen molar-refractivity contribution in [1.29, 1.82) is 0 Å². The third kappa shape index (κ3) is 5.08. The molecule has 1 amide bonds. The fourth-order valence-corrected chi connectivity index (χ4v) is 2.18. The summed E-state index contributed by atoms with van der Waals surface area (Å²) < 4.78 is 5.33. The molecule has 1 saturated carbocycles. The second-order valence-corrected chi connectivity index (χ2v) is 4.99. The van der Waals surface area contributed by atoms with Gasteiger partial charge < -0.3 is 15.4 Å². The fourth-order valence-electron chi connectivity index (χ4n) is 2.18. The van der Waals surface area contributed by atoms with Gasteiger partial charge in [0, 0.05) is 39.3 Å². The highest BCUT2D eigenvalue weighted by molar-refractivity contribution is 5.89. The lowest BCUT2D eigenvalue weighted by molar-refractivity contribution is -0.135. The SMILES string of the molecule is CCOCCN1CCN(C(=O)C2(N)CC2)CC1.Cl.Cl. The Kier molecular flexibility index (Phi) is 8.24. The minimum absolute atomic E-state index is 0. The highest BCUT2D eigenvalue weighted by Gasteiger charge is 2.48. The van der Waals surface area contributed by atoms with Gasteiger partial charge >= 0.3 is 0 Å². The standard InChI is InChI=1S/C12H23N3O2.2ClH/c1-2-17-10-9-14-5-7-15(8-6-14)11(16)12(13)3-4-12;;/h2-10,13H2,1H3;2*1H. The van der Waals surface area contributed by atoms with Gasteiger partial charge in [-0.05, 0) is 19.8 Å². The molecular formula is C12H25Cl2N3O2. The fraction of sp³-hybridized carbons (Fsp3) is 0.917. The lowest BCUT2D eigenvalue weighted by Crippen LogP contribution is -2.54. The molecule has 114 valence electrons. The summed E-state index contributed by atoms with van der Waals surface area (Å²) in [6.07, 6.45) is 1.72. The molecule has 1 aliphatic heterocycles. The number of carbonyl (C=O) groups is 1. The van der Waals surface area contributed by atoms with Crippen LogP contribution in [0, 0.1) is 0 Å². The van der Waals surface area contributed by atoms with E-state index >= 15 is 0 Å². The van der Waals surface area contributed by atoms with E-state index in [0.29, 0.717) is 0 Å². The largest absolute Gasteiger partial charge is 0.380 e. The molecule has 0 bridgehead atoms. The smallest absolute Gasteiger partial charge is 0.242 e. The molecule has 2 fully saturated rings. The van der Waals surface area contributed by atoms with Crippen LogP contribution in [0.1, 0.15) is 19.8 Å². The number of nitrogens with zero attached hydrogens (tertiary/aromatic N) is 2. The Labute approximate surface area is 127 Å². The Balaban J connectivity index is 0.00000162. The Morgan fingerprint density at radius 2 is 1.79 bits per heavy atom. The van der Waals surface area contributed by atoms with Crippen molar-refractivity contribution in [2.75, 3.05) is 45.9 Å². The number of ether oxygens (including phenoxy) is 1. The second kappa shape index (κ2) is 8.27. The number of hydrogen-bond acceptors (Lipinski definition) is 4. The number of hydrogen-bond donors (Lipinski definition) is 1. The molecule has 0 aromatic heterocycles. The monoisotopic (exact) mass is 313 g/mol. The van der Waals surface area contributed by atoms with Crippen molar-refractivity contribution < 1.29 is 9.53 Å². The number of amides is 1. The Hall–Kier alpha value is -0.0700. The normalized spacial score (nSPS) is 21.3. The first-order valence-electron chi connectivity index (χ1n) is 6.54. The summed E-state index contributed by atoms with van der Waals surface area (Å²) in [5.74, 6) is 0.155. The average Bonchev–Trinajstić information content (AvgIpc) is 3.09. The highest BCUT2D eigenvalue weighted by Crippen LogP contribution is 2.34. The van der Waals surface area contributed by atoms with E-state index < -0.39 is 5.54 Å². The van der Waals surface area contributed by atoms with Crippen LogP contribution in [0.2, 0.25) is 0 Å². The van der Waals surface area contributed by atoms with Crippen molar-refractivity contribution in [3.63, 3.8) is 0 Å². The van der Waals surface area contributed by atoms with Crippen LogP contribution in [-0.2, 0) is 9.53 Å². The quantitative estimate of drug-likeness (QED) is 0.751. The molecule has 1 aliphatic carbocycles. The van der Waals surface area contributed by atoms with Gasteiger partial charge in [-0.3, -0.25) is 9.69 Å². The van der Waals surface area contributed by atoms with Gasteiger partial charge in [0.2, 0.25) is 5.91 Å². The minimum Gasteiger partial charge on any atom is -0.380 e. The molecule has 7 heteroatoms. The van der Waals surface area contributed by atoms with Crippen LogP contribution in [0.15, 0.2) is 0 Å². The molecule has 2 aliphatic rings. The van der Waals surface area contributed by atoms with Gasteiger partial charge in [0.25, 0.3) is 0 Å². The van der Waals surface area contributed by atoms with Crippen LogP contribution >= 0.6 is 24.8 Å². The van der Waals surface area contributed by atoms with E-state index in [1.165, 1.54) is 0 Å². The summed E-state index contributed by atoms with van der Waals surface area (Å²) in [5, 5.41) is 0. The maximum absolute atomic E-state index is 12.0. The van der Waals surface area contributed by atoms with E-state index in [4.69, 9.17) is 10.5 Å². The number of nitrogens with two attached hydrogens (primary N) is 1. The zero-order valence-electron chi connectivity index (χ0n) is 11.5. The number of rotatable bonds is 5. The van der Waals surface area contributed by atoms with Gasteiger partial charge in [0.1, 0.15) is 0 Å². The van der Waals surface area contributed by atoms with E-state index in [1.54, 1.807) is 0 Å².